The smallest absolute Gasteiger partial charge is 0.273 e. The van der Waals surface area contributed by atoms with Crippen LogP contribution in [-0.2, 0) is 0 Å². The number of nitro groups is 1. The summed E-state index contributed by atoms with van der Waals surface area (Å²) in [6.07, 6.45) is 2.00. The summed E-state index contributed by atoms with van der Waals surface area (Å²) in [6.45, 7) is 4.30. The summed E-state index contributed by atoms with van der Waals surface area (Å²) in [5, 5.41) is 10.8. The average Bonchev–Trinajstić information content (AvgIpc) is 2.39. The summed E-state index contributed by atoms with van der Waals surface area (Å²) in [5.41, 5.74) is 0.121. The molecule has 104 valence electrons. The molecule has 0 saturated heterocycles. The maximum atomic E-state index is 10.8. The average molecular weight is 393 g/mol. The van der Waals surface area contributed by atoms with E-state index >= 15 is 0 Å². The maximum Gasteiger partial charge on any atom is 0.273 e. The van der Waals surface area contributed by atoms with Crippen LogP contribution in [0.1, 0.15) is 26.7 Å². The van der Waals surface area contributed by atoms with Crippen molar-refractivity contribution in [1.29, 1.82) is 0 Å². The zero-order valence-corrected chi connectivity index (χ0v) is 13.9. The fourth-order valence-corrected chi connectivity index (χ4v) is 3.55. The molecule has 6 heteroatoms. The highest BCUT2D eigenvalue weighted by atomic mass is 79.9. The van der Waals surface area contributed by atoms with Crippen LogP contribution in [0.25, 0.3) is 0 Å². The quantitative estimate of drug-likeness (QED) is 0.424. The lowest BCUT2D eigenvalue weighted by Crippen LogP contribution is -2.54. The Morgan fingerprint density at radius 3 is 2.79 bits per heavy atom. The molecule has 1 fully saturated rings. The van der Waals surface area contributed by atoms with Crippen LogP contribution in [0.3, 0.4) is 0 Å². The van der Waals surface area contributed by atoms with Crippen LogP contribution in [-0.4, -0.2) is 15.9 Å². The van der Waals surface area contributed by atoms with Crippen LogP contribution in [0.4, 0.5) is 5.69 Å². The van der Waals surface area contributed by atoms with E-state index in [4.69, 9.17) is 4.74 Å². The summed E-state index contributed by atoms with van der Waals surface area (Å²) < 4.78 is 6.71. The Balaban J connectivity index is 2.20. The number of rotatable bonds is 4. The highest BCUT2D eigenvalue weighted by Gasteiger charge is 2.51. The number of non-ortho nitro benzene ring substituents is 1. The van der Waals surface area contributed by atoms with Crippen molar-refractivity contribution in [2.75, 3.05) is 0 Å². The lowest BCUT2D eigenvalue weighted by atomic mass is 9.65. The van der Waals surface area contributed by atoms with Crippen molar-refractivity contribution in [3.8, 4) is 5.75 Å². The summed E-state index contributed by atoms with van der Waals surface area (Å²) in [4.78, 5) is 10.8. The summed E-state index contributed by atoms with van der Waals surface area (Å²) in [7, 11) is 0. The van der Waals surface area contributed by atoms with Crippen LogP contribution in [0.15, 0.2) is 22.7 Å². The molecule has 0 spiro atoms. The van der Waals surface area contributed by atoms with E-state index in [0.717, 1.165) is 17.3 Å². The normalized spacial score (nSPS) is 29.7. The van der Waals surface area contributed by atoms with Crippen molar-refractivity contribution in [3.05, 3.63) is 32.8 Å². The van der Waals surface area contributed by atoms with E-state index in [0.29, 0.717) is 10.6 Å². The third-order valence-electron chi connectivity index (χ3n) is 4.03. The highest BCUT2D eigenvalue weighted by Crippen LogP contribution is 2.50. The third-order valence-corrected chi connectivity index (χ3v) is 6.10. The van der Waals surface area contributed by atoms with Gasteiger partial charge < -0.3 is 4.74 Å². The molecule has 1 aliphatic rings. The lowest BCUT2D eigenvalue weighted by Gasteiger charge is -2.50. The zero-order chi connectivity index (χ0) is 14.2. The minimum Gasteiger partial charge on any atom is -0.488 e. The Kier molecular flexibility index (Phi) is 4.20. The molecule has 0 N–H and O–H groups in total. The molecule has 4 nitrogen and oxygen atoms in total. The second kappa shape index (κ2) is 5.40. The van der Waals surface area contributed by atoms with Crippen molar-refractivity contribution in [3.63, 3.8) is 0 Å². The molecular formula is C13H15Br2NO3. The molecule has 0 radical (unpaired) electrons. The maximum absolute atomic E-state index is 10.8. The first-order chi connectivity index (χ1) is 8.88. The molecule has 0 aliphatic heterocycles. The Bertz CT molecular complexity index is 509. The minimum absolute atomic E-state index is 0.0473. The van der Waals surface area contributed by atoms with Crippen molar-refractivity contribution >= 4 is 37.5 Å². The highest BCUT2D eigenvalue weighted by molar-refractivity contribution is 9.10. The summed E-state index contributed by atoms with van der Waals surface area (Å²) in [6, 6.07) is 4.59. The van der Waals surface area contributed by atoms with Crippen molar-refractivity contribution in [1.82, 2.24) is 0 Å². The third kappa shape index (κ3) is 2.65. The Hall–Kier alpha value is -0.620. The van der Waals surface area contributed by atoms with E-state index in [9.17, 15) is 10.1 Å². The van der Waals surface area contributed by atoms with Gasteiger partial charge in [-0.25, -0.2) is 0 Å². The molecular weight excluding hydrogens is 378 g/mol. The van der Waals surface area contributed by atoms with E-state index in [2.05, 4.69) is 45.7 Å². The first kappa shape index (κ1) is 14.8. The molecule has 19 heavy (non-hydrogen) atoms. The largest absolute Gasteiger partial charge is 0.488 e. The molecule has 1 aromatic rings. The van der Waals surface area contributed by atoms with Gasteiger partial charge in [0.2, 0.25) is 0 Å². The zero-order valence-electron chi connectivity index (χ0n) is 10.7. The molecule has 1 saturated carbocycles. The van der Waals surface area contributed by atoms with Crippen LogP contribution in [0, 0.1) is 15.5 Å². The van der Waals surface area contributed by atoms with E-state index in [1.54, 1.807) is 6.07 Å². The molecule has 0 amide bonds. The van der Waals surface area contributed by atoms with Gasteiger partial charge in [0.05, 0.1) is 15.5 Å². The standard InChI is InChI=1S/C13H15Br2NO3/c1-3-13(2)11(15)7-12(13)19-10-6-8(16(17)18)4-5-9(10)14/h4-6,11-12H,3,7H2,1-2H3. The van der Waals surface area contributed by atoms with Gasteiger partial charge in [0, 0.05) is 16.3 Å². The van der Waals surface area contributed by atoms with Gasteiger partial charge in [0.25, 0.3) is 5.69 Å². The fraction of sp³-hybridized carbons (Fsp3) is 0.538. The van der Waals surface area contributed by atoms with Crippen molar-refractivity contribution in [2.24, 2.45) is 5.41 Å². The van der Waals surface area contributed by atoms with Crippen LogP contribution in [0.2, 0.25) is 0 Å². The van der Waals surface area contributed by atoms with E-state index in [1.165, 1.54) is 12.1 Å². The van der Waals surface area contributed by atoms with Crippen LogP contribution < -0.4 is 4.74 Å². The number of ether oxygens (including phenoxy) is 1. The second-order valence-electron chi connectivity index (χ2n) is 5.04. The van der Waals surface area contributed by atoms with Crippen LogP contribution in [0.5, 0.6) is 5.75 Å². The van der Waals surface area contributed by atoms with E-state index in [-0.39, 0.29) is 17.2 Å². The van der Waals surface area contributed by atoms with Gasteiger partial charge in [-0.15, -0.1) is 0 Å². The number of hydrogen-bond donors (Lipinski definition) is 0. The first-order valence-corrected chi connectivity index (χ1v) is 7.84. The predicted octanol–water partition coefficient (Wildman–Crippen LogP) is 4.69. The van der Waals surface area contributed by atoms with Crippen LogP contribution >= 0.6 is 31.9 Å². The number of hydrogen-bond acceptors (Lipinski definition) is 3. The monoisotopic (exact) mass is 391 g/mol. The number of nitrogens with zero attached hydrogens (tertiary/aromatic N) is 1. The van der Waals surface area contributed by atoms with E-state index < -0.39 is 4.92 Å². The molecule has 3 atom stereocenters. The molecule has 1 aliphatic carbocycles. The molecule has 0 bridgehead atoms. The molecule has 1 aromatic carbocycles. The van der Waals surface area contributed by atoms with Crippen molar-refractivity contribution in [2.45, 2.75) is 37.6 Å². The molecule has 3 unspecified atom stereocenters. The minimum atomic E-state index is -0.410. The Morgan fingerprint density at radius 1 is 1.58 bits per heavy atom. The number of alkyl halides is 1. The summed E-state index contributed by atoms with van der Waals surface area (Å²) in [5.74, 6) is 0.540. The fourth-order valence-electron chi connectivity index (χ4n) is 2.25. The number of nitro benzene ring substituents is 1. The van der Waals surface area contributed by atoms with Gasteiger partial charge in [0.1, 0.15) is 11.9 Å². The van der Waals surface area contributed by atoms with Gasteiger partial charge in [-0.3, -0.25) is 10.1 Å². The van der Waals surface area contributed by atoms with Gasteiger partial charge in [-0.2, -0.15) is 0 Å². The molecule has 2 rings (SSSR count). The SMILES string of the molecule is CCC1(C)C(Br)CC1Oc1cc([N+](=O)[O-])ccc1Br. The Labute approximate surface area is 128 Å². The van der Waals surface area contributed by atoms with Gasteiger partial charge >= 0.3 is 0 Å². The Morgan fingerprint density at radius 2 is 2.26 bits per heavy atom. The topological polar surface area (TPSA) is 52.4 Å². The first-order valence-electron chi connectivity index (χ1n) is 6.13. The van der Waals surface area contributed by atoms with E-state index in [1.807, 2.05) is 0 Å². The number of benzene rings is 1. The van der Waals surface area contributed by atoms with Gasteiger partial charge in [-0.05, 0) is 34.8 Å². The molecule has 0 heterocycles. The lowest BCUT2D eigenvalue weighted by molar-refractivity contribution is -0.385. The summed E-state index contributed by atoms with van der Waals surface area (Å²) >= 11 is 7.03. The van der Waals surface area contributed by atoms with Gasteiger partial charge in [-0.1, -0.05) is 29.8 Å². The van der Waals surface area contributed by atoms with Gasteiger partial charge in [0.15, 0.2) is 0 Å². The van der Waals surface area contributed by atoms with Crippen molar-refractivity contribution < 1.29 is 9.66 Å². The molecule has 0 aromatic heterocycles. The second-order valence-corrected chi connectivity index (χ2v) is 7.00. The number of halogens is 2. The predicted molar refractivity (Wildman–Crippen MR) is 80.9 cm³/mol.